The van der Waals surface area contributed by atoms with Crippen molar-refractivity contribution in [3.05, 3.63) is 45.9 Å². The van der Waals surface area contributed by atoms with E-state index in [-0.39, 0.29) is 12.6 Å². The number of carbonyl (C=O) groups is 1. The van der Waals surface area contributed by atoms with Gasteiger partial charge in [0, 0.05) is 11.1 Å². The summed E-state index contributed by atoms with van der Waals surface area (Å²) in [6.45, 7) is 4.65. The lowest BCUT2D eigenvalue weighted by Crippen LogP contribution is -2.11. The number of pyridine rings is 1. The standard InChI is InChI=1S/C15H17NO3S/c1-3-12-9-14(20-11(12)2)15(17)19-8-7-18-13-5-4-6-16-10-13/h4-6,9-10H,3,7-8H2,1-2H3. The summed E-state index contributed by atoms with van der Waals surface area (Å²) in [6, 6.07) is 5.51. The third-order valence-electron chi connectivity index (χ3n) is 2.82. The molecule has 0 aromatic carbocycles. The summed E-state index contributed by atoms with van der Waals surface area (Å²) >= 11 is 1.48. The van der Waals surface area contributed by atoms with Gasteiger partial charge in [0.25, 0.3) is 0 Å². The van der Waals surface area contributed by atoms with Gasteiger partial charge in [0.15, 0.2) is 0 Å². The zero-order valence-corrected chi connectivity index (χ0v) is 12.4. The molecule has 0 unspecified atom stereocenters. The van der Waals surface area contributed by atoms with Crippen LogP contribution >= 0.6 is 11.3 Å². The largest absolute Gasteiger partial charge is 0.488 e. The number of aromatic nitrogens is 1. The van der Waals surface area contributed by atoms with Gasteiger partial charge >= 0.3 is 5.97 Å². The molecule has 0 aliphatic heterocycles. The molecule has 0 bridgehead atoms. The maximum atomic E-state index is 11.9. The number of ether oxygens (including phenoxy) is 2. The molecule has 0 saturated heterocycles. The minimum absolute atomic E-state index is 0.228. The summed E-state index contributed by atoms with van der Waals surface area (Å²) in [5.74, 6) is 0.386. The van der Waals surface area contributed by atoms with E-state index in [2.05, 4.69) is 11.9 Å². The molecule has 0 aliphatic rings. The second-order valence-corrected chi connectivity index (χ2v) is 5.48. The molecule has 2 aromatic heterocycles. The third kappa shape index (κ3) is 3.81. The molecule has 2 rings (SSSR count). The number of nitrogens with zero attached hydrogens (tertiary/aromatic N) is 1. The number of carbonyl (C=O) groups excluding carboxylic acids is 1. The molecule has 0 saturated carbocycles. The molecule has 106 valence electrons. The van der Waals surface area contributed by atoms with Crippen LogP contribution in [-0.2, 0) is 11.2 Å². The summed E-state index contributed by atoms with van der Waals surface area (Å²) in [7, 11) is 0. The first-order valence-corrected chi connectivity index (χ1v) is 7.31. The van der Waals surface area contributed by atoms with Crippen molar-refractivity contribution < 1.29 is 14.3 Å². The highest BCUT2D eigenvalue weighted by Gasteiger charge is 2.12. The highest BCUT2D eigenvalue weighted by atomic mass is 32.1. The highest BCUT2D eigenvalue weighted by Crippen LogP contribution is 2.22. The SMILES string of the molecule is CCc1cc(C(=O)OCCOc2cccnc2)sc1C. The van der Waals surface area contributed by atoms with Gasteiger partial charge in [-0.3, -0.25) is 4.98 Å². The third-order valence-corrected chi connectivity index (χ3v) is 3.90. The van der Waals surface area contributed by atoms with E-state index < -0.39 is 0 Å². The Hall–Kier alpha value is -1.88. The Labute approximate surface area is 122 Å². The van der Waals surface area contributed by atoms with Gasteiger partial charge in [-0.25, -0.2) is 4.79 Å². The van der Waals surface area contributed by atoms with Crippen LogP contribution < -0.4 is 4.74 Å². The van der Waals surface area contributed by atoms with Crippen LogP contribution in [0.15, 0.2) is 30.6 Å². The number of hydrogen-bond donors (Lipinski definition) is 0. The molecule has 0 fully saturated rings. The van der Waals surface area contributed by atoms with Gasteiger partial charge in [-0.1, -0.05) is 6.92 Å². The number of hydrogen-bond acceptors (Lipinski definition) is 5. The number of rotatable bonds is 6. The van der Waals surface area contributed by atoms with Crippen LogP contribution in [0.2, 0.25) is 0 Å². The van der Waals surface area contributed by atoms with Gasteiger partial charge in [0.2, 0.25) is 0 Å². The fraction of sp³-hybridized carbons (Fsp3) is 0.333. The van der Waals surface area contributed by atoms with Gasteiger partial charge in [0.1, 0.15) is 23.8 Å². The minimum atomic E-state index is -0.285. The first kappa shape index (κ1) is 14.5. The predicted molar refractivity (Wildman–Crippen MR) is 78.4 cm³/mol. The molecule has 0 aliphatic carbocycles. The average Bonchev–Trinajstić information content (AvgIpc) is 2.86. The van der Waals surface area contributed by atoms with Crippen LogP contribution in [0.25, 0.3) is 0 Å². The van der Waals surface area contributed by atoms with Crippen molar-refractivity contribution in [3.63, 3.8) is 0 Å². The molecule has 20 heavy (non-hydrogen) atoms. The van der Waals surface area contributed by atoms with Crippen LogP contribution in [0.5, 0.6) is 5.75 Å². The average molecular weight is 291 g/mol. The zero-order valence-electron chi connectivity index (χ0n) is 11.6. The molecule has 5 heteroatoms. The molecule has 0 amide bonds. The molecular weight excluding hydrogens is 274 g/mol. The fourth-order valence-corrected chi connectivity index (χ4v) is 2.78. The van der Waals surface area contributed by atoms with Crippen LogP contribution in [0.1, 0.15) is 27.0 Å². The Morgan fingerprint density at radius 2 is 2.25 bits per heavy atom. The fourth-order valence-electron chi connectivity index (χ4n) is 1.77. The molecule has 2 aromatic rings. The summed E-state index contributed by atoms with van der Waals surface area (Å²) in [5.41, 5.74) is 1.20. The van der Waals surface area contributed by atoms with Crippen molar-refractivity contribution in [1.29, 1.82) is 0 Å². The minimum Gasteiger partial charge on any atom is -0.488 e. The lowest BCUT2D eigenvalue weighted by molar-refractivity contribution is 0.0456. The quantitative estimate of drug-likeness (QED) is 0.605. The van der Waals surface area contributed by atoms with Crippen molar-refractivity contribution >= 4 is 17.3 Å². The summed E-state index contributed by atoms with van der Waals surface area (Å²) in [6.07, 6.45) is 4.23. The van der Waals surface area contributed by atoms with Gasteiger partial charge in [0.05, 0.1) is 6.20 Å². The Balaban J connectivity index is 1.77. The lowest BCUT2D eigenvalue weighted by Gasteiger charge is -2.05. The molecule has 4 nitrogen and oxygen atoms in total. The second-order valence-electron chi connectivity index (χ2n) is 4.22. The van der Waals surface area contributed by atoms with Crippen molar-refractivity contribution in [2.75, 3.05) is 13.2 Å². The topological polar surface area (TPSA) is 48.4 Å². The molecular formula is C15H17NO3S. The summed E-state index contributed by atoms with van der Waals surface area (Å²) < 4.78 is 10.6. The van der Waals surface area contributed by atoms with E-state index in [9.17, 15) is 4.79 Å². The molecule has 0 spiro atoms. The maximum absolute atomic E-state index is 11.9. The lowest BCUT2D eigenvalue weighted by atomic mass is 10.2. The predicted octanol–water partition coefficient (Wildman–Crippen LogP) is 3.25. The Morgan fingerprint density at radius 3 is 2.90 bits per heavy atom. The van der Waals surface area contributed by atoms with Crippen molar-refractivity contribution in [2.24, 2.45) is 0 Å². The Bertz CT molecular complexity index is 566. The van der Waals surface area contributed by atoms with Crippen LogP contribution in [0.4, 0.5) is 0 Å². The van der Waals surface area contributed by atoms with Crippen LogP contribution in [0.3, 0.4) is 0 Å². The van der Waals surface area contributed by atoms with Crippen molar-refractivity contribution in [1.82, 2.24) is 4.98 Å². The normalized spacial score (nSPS) is 10.3. The zero-order chi connectivity index (χ0) is 14.4. The number of thiophene rings is 1. The van der Waals surface area contributed by atoms with E-state index in [1.54, 1.807) is 18.5 Å². The maximum Gasteiger partial charge on any atom is 0.348 e. The number of esters is 1. The van der Waals surface area contributed by atoms with Gasteiger partial charge in [-0.05, 0) is 37.1 Å². The first-order chi connectivity index (χ1) is 9.70. The molecule has 2 heterocycles. The van der Waals surface area contributed by atoms with Crippen molar-refractivity contribution in [3.8, 4) is 5.75 Å². The molecule has 0 atom stereocenters. The van der Waals surface area contributed by atoms with Gasteiger partial charge in [-0.15, -0.1) is 11.3 Å². The first-order valence-electron chi connectivity index (χ1n) is 6.50. The van der Waals surface area contributed by atoms with Crippen molar-refractivity contribution in [2.45, 2.75) is 20.3 Å². The summed E-state index contributed by atoms with van der Waals surface area (Å²) in [4.78, 5) is 17.6. The van der Waals surface area contributed by atoms with Crippen LogP contribution in [-0.4, -0.2) is 24.2 Å². The molecule has 0 N–H and O–H groups in total. The Kier molecular flexibility index (Phi) is 5.12. The van der Waals surface area contributed by atoms with E-state index >= 15 is 0 Å². The van der Waals surface area contributed by atoms with Gasteiger partial charge in [-0.2, -0.15) is 0 Å². The van der Waals surface area contributed by atoms with Gasteiger partial charge < -0.3 is 9.47 Å². The highest BCUT2D eigenvalue weighted by molar-refractivity contribution is 7.14. The van der Waals surface area contributed by atoms with E-state index in [1.807, 2.05) is 19.1 Å². The summed E-state index contributed by atoms with van der Waals surface area (Å²) in [5, 5.41) is 0. The van der Waals surface area contributed by atoms with E-state index in [4.69, 9.17) is 9.47 Å². The van der Waals surface area contributed by atoms with E-state index in [1.165, 1.54) is 21.8 Å². The Morgan fingerprint density at radius 1 is 1.40 bits per heavy atom. The molecule has 0 radical (unpaired) electrons. The smallest absolute Gasteiger partial charge is 0.348 e. The monoisotopic (exact) mass is 291 g/mol. The second kappa shape index (κ2) is 7.05. The number of aryl methyl sites for hydroxylation is 2. The van der Waals surface area contributed by atoms with E-state index in [0.717, 1.165) is 6.42 Å². The van der Waals surface area contributed by atoms with Crippen LogP contribution in [0, 0.1) is 6.92 Å². The van der Waals surface area contributed by atoms with E-state index in [0.29, 0.717) is 17.2 Å².